The zero-order valence-electron chi connectivity index (χ0n) is 20.4. The first kappa shape index (κ1) is 23.2. The second-order valence-corrected chi connectivity index (χ2v) is 9.62. The first-order valence-electron chi connectivity index (χ1n) is 12.3. The molecule has 2 fully saturated rings. The Morgan fingerprint density at radius 1 is 1.16 bits per heavy atom. The van der Waals surface area contributed by atoms with Gasteiger partial charge in [-0.05, 0) is 38.0 Å². The van der Waals surface area contributed by atoms with E-state index in [-0.39, 0.29) is 24.2 Å². The zero-order valence-corrected chi connectivity index (χ0v) is 20.4. The number of aromatic nitrogens is 5. The summed E-state index contributed by atoms with van der Waals surface area (Å²) < 4.78 is 21.1. The molecule has 1 aliphatic carbocycles. The van der Waals surface area contributed by atoms with Crippen molar-refractivity contribution in [2.75, 3.05) is 42.9 Å². The van der Waals surface area contributed by atoms with Crippen LogP contribution in [-0.4, -0.2) is 68.7 Å². The molecule has 5 N–H and O–H groups in total. The summed E-state index contributed by atoms with van der Waals surface area (Å²) >= 11 is 0. The number of carbonyl (C=O) groups is 1. The maximum Gasteiger partial charge on any atom is 0.326 e. The van der Waals surface area contributed by atoms with Gasteiger partial charge in [0.1, 0.15) is 11.6 Å². The fourth-order valence-corrected chi connectivity index (χ4v) is 4.64. The highest BCUT2D eigenvalue weighted by molar-refractivity contribution is 5.82. The number of rotatable bonds is 8. The van der Waals surface area contributed by atoms with E-state index in [4.69, 9.17) is 10.5 Å². The second kappa shape index (κ2) is 9.36. The predicted octanol–water partition coefficient (Wildman–Crippen LogP) is 3.15. The van der Waals surface area contributed by atoms with Gasteiger partial charge in [-0.3, -0.25) is 14.8 Å². The predicted molar refractivity (Wildman–Crippen MR) is 137 cm³/mol. The summed E-state index contributed by atoms with van der Waals surface area (Å²) in [4.78, 5) is 27.6. The van der Waals surface area contributed by atoms with Crippen molar-refractivity contribution in [2.45, 2.75) is 25.7 Å². The molecule has 4 heterocycles. The van der Waals surface area contributed by atoms with E-state index in [0.717, 1.165) is 24.2 Å². The monoisotopic (exact) mass is 505 g/mol. The smallest absolute Gasteiger partial charge is 0.326 e. The van der Waals surface area contributed by atoms with E-state index in [0.29, 0.717) is 60.5 Å². The van der Waals surface area contributed by atoms with Crippen LogP contribution in [0.15, 0.2) is 30.3 Å². The summed E-state index contributed by atoms with van der Waals surface area (Å²) in [6.45, 7) is 4.70. The SMILES string of the molecule is Cc1cc2c(F)c(Oc3nc(Nc4cc(C5CC5)[nH]n4)cc(N4CCN(CC(N)=O)CC4)n3)ccc2[nH]1. The maximum atomic E-state index is 15.2. The minimum atomic E-state index is -0.480. The molecule has 0 unspecified atom stereocenters. The van der Waals surface area contributed by atoms with Gasteiger partial charge in [0.2, 0.25) is 5.91 Å². The third-order valence-corrected chi connectivity index (χ3v) is 6.68. The summed E-state index contributed by atoms with van der Waals surface area (Å²) in [5.41, 5.74) is 7.99. The molecule has 0 atom stereocenters. The number of piperazine rings is 1. The molecule has 0 bridgehead atoms. The van der Waals surface area contributed by atoms with E-state index in [1.807, 2.05) is 24.0 Å². The van der Waals surface area contributed by atoms with Gasteiger partial charge in [0.15, 0.2) is 17.4 Å². The largest absolute Gasteiger partial charge is 0.421 e. The van der Waals surface area contributed by atoms with Crippen molar-refractivity contribution in [1.82, 2.24) is 30.0 Å². The van der Waals surface area contributed by atoms with Crippen LogP contribution >= 0.6 is 0 Å². The molecule has 2 aliphatic rings. The molecule has 6 rings (SSSR count). The number of benzene rings is 1. The Labute approximate surface area is 212 Å². The number of ether oxygens (including phenoxy) is 1. The highest BCUT2D eigenvalue weighted by Crippen LogP contribution is 2.40. The lowest BCUT2D eigenvalue weighted by Crippen LogP contribution is -2.49. The summed E-state index contributed by atoms with van der Waals surface area (Å²) in [5.74, 6) is 1.49. The van der Waals surface area contributed by atoms with E-state index >= 15 is 4.39 Å². The minimum Gasteiger partial charge on any atom is -0.421 e. The first-order chi connectivity index (χ1) is 17.9. The van der Waals surface area contributed by atoms with Gasteiger partial charge >= 0.3 is 6.01 Å². The van der Waals surface area contributed by atoms with Crippen LogP contribution in [0.4, 0.5) is 21.8 Å². The Morgan fingerprint density at radius 2 is 1.97 bits per heavy atom. The lowest BCUT2D eigenvalue weighted by atomic mass is 10.2. The van der Waals surface area contributed by atoms with Crippen LogP contribution in [0.3, 0.4) is 0 Å². The average Bonchev–Trinajstić information content (AvgIpc) is 3.49. The van der Waals surface area contributed by atoms with E-state index in [1.54, 1.807) is 18.2 Å². The second-order valence-electron chi connectivity index (χ2n) is 9.62. The van der Waals surface area contributed by atoms with Crippen LogP contribution in [-0.2, 0) is 4.79 Å². The number of nitrogens with two attached hydrogens (primary N) is 1. The van der Waals surface area contributed by atoms with E-state index in [1.165, 1.54) is 0 Å². The Kier molecular flexibility index (Phi) is 5.87. The Bertz CT molecular complexity index is 1450. The number of anilines is 3. The fraction of sp³-hybridized carbons (Fsp3) is 0.360. The van der Waals surface area contributed by atoms with Crippen molar-refractivity contribution in [3.63, 3.8) is 0 Å². The van der Waals surface area contributed by atoms with Crippen LogP contribution in [0, 0.1) is 12.7 Å². The highest BCUT2D eigenvalue weighted by Gasteiger charge is 2.26. The number of aromatic amines is 2. The van der Waals surface area contributed by atoms with Gasteiger partial charge in [-0.15, -0.1) is 0 Å². The lowest BCUT2D eigenvalue weighted by Gasteiger charge is -2.34. The molecule has 11 nitrogen and oxygen atoms in total. The van der Waals surface area contributed by atoms with Crippen molar-refractivity contribution in [2.24, 2.45) is 5.73 Å². The number of amides is 1. The van der Waals surface area contributed by atoms with Gasteiger partial charge < -0.3 is 25.7 Å². The topological polar surface area (TPSA) is 141 Å². The third kappa shape index (κ3) is 5.05. The number of primary amides is 1. The molecule has 4 aromatic rings. The quantitative estimate of drug-likeness (QED) is 0.286. The van der Waals surface area contributed by atoms with Crippen molar-refractivity contribution in [3.8, 4) is 11.8 Å². The molecule has 0 spiro atoms. The summed E-state index contributed by atoms with van der Waals surface area (Å²) in [5, 5.41) is 11.1. The average molecular weight is 506 g/mol. The van der Waals surface area contributed by atoms with Gasteiger partial charge in [-0.25, -0.2) is 4.39 Å². The molecule has 1 amide bonds. The third-order valence-electron chi connectivity index (χ3n) is 6.68. The number of nitrogens with zero attached hydrogens (tertiary/aromatic N) is 5. The fourth-order valence-electron chi connectivity index (χ4n) is 4.64. The van der Waals surface area contributed by atoms with Gasteiger partial charge in [-0.2, -0.15) is 15.1 Å². The summed E-state index contributed by atoms with van der Waals surface area (Å²) in [6, 6.07) is 8.88. The van der Waals surface area contributed by atoms with Crippen molar-refractivity contribution >= 4 is 34.3 Å². The van der Waals surface area contributed by atoms with Gasteiger partial charge in [0.05, 0.1) is 6.54 Å². The van der Waals surface area contributed by atoms with Gasteiger partial charge in [0, 0.05) is 66.5 Å². The standard InChI is InChI=1S/C25H28FN9O2/c1-14-10-16-17(28-14)4-5-19(24(16)26)37-25-30-21(29-22-11-18(32-33-22)15-2-3-15)12-23(31-25)35-8-6-34(7-9-35)13-20(27)36/h4-5,10-12,15,28H,2-3,6-9,13H2,1H3,(H2,27,36)(H2,29,30,31,32,33). The number of hydrogen-bond acceptors (Lipinski definition) is 8. The molecule has 1 saturated carbocycles. The highest BCUT2D eigenvalue weighted by atomic mass is 19.1. The Hall–Kier alpha value is -4.19. The van der Waals surface area contributed by atoms with Gasteiger partial charge in [-0.1, -0.05) is 0 Å². The number of fused-ring (bicyclic) bond motifs is 1. The summed E-state index contributed by atoms with van der Waals surface area (Å²) in [6.07, 6.45) is 2.32. The Morgan fingerprint density at radius 3 is 2.73 bits per heavy atom. The molecular weight excluding hydrogens is 477 g/mol. The van der Waals surface area contributed by atoms with Gasteiger partial charge in [0.25, 0.3) is 0 Å². The first-order valence-corrected chi connectivity index (χ1v) is 12.3. The molecule has 1 aromatic carbocycles. The maximum absolute atomic E-state index is 15.2. The molecule has 3 aromatic heterocycles. The number of hydrogen-bond donors (Lipinski definition) is 4. The summed E-state index contributed by atoms with van der Waals surface area (Å²) in [7, 11) is 0. The van der Waals surface area contributed by atoms with Crippen LogP contribution in [0.5, 0.6) is 11.8 Å². The van der Waals surface area contributed by atoms with E-state index < -0.39 is 5.82 Å². The molecule has 192 valence electrons. The van der Waals surface area contributed by atoms with Crippen LogP contribution in [0.2, 0.25) is 0 Å². The normalized spacial score (nSPS) is 16.3. The van der Waals surface area contributed by atoms with Crippen LogP contribution < -0.4 is 20.7 Å². The molecule has 1 saturated heterocycles. The van der Waals surface area contributed by atoms with Crippen LogP contribution in [0.1, 0.15) is 30.1 Å². The molecule has 37 heavy (non-hydrogen) atoms. The molecular formula is C25H28FN9O2. The number of carbonyl (C=O) groups excluding carboxylic acids is 1. The van der Waals surface area contributed by atoms with E-state index in [2.05, 4.69) is 35.4 Å². The Balaban J connectivity index is 1.28. The molecule has 1 aliphatic heterocycles. The zero-order chi connectivity index (χ0) is 25.5. The van der Waals surface area contributed by atoms with Crippen molar-refractivity contribution in [1.29, 1.82) is 0 Å². The van der Waals surface area contributed by atoms with Crippen molar-refractivity contribution in [3.05, 3.63) is 47.5 Å². The number of nitrogens with one attached hydrogen (secondary N) is 3. The molecule has 12 heteroatoms. The van der Waals surface area contributed by atoms with E-state index in [9.17, 15) is 4.79 Å². The minimum absolute atomic E-state index is 0.0167. The number of aryl methyl sites for hydroxylation is 1. The lowest BCUT2D eigenvalue weighted by molar-refractivity contribution is -0.119. The van der Waals surface area contributed by atoms with Crippen molar-refractivity contribution < 1.29 is 13.9 Å². The molecule has 0 radical (unpaired) electrons. The van der Waals surface area contributed by atoms with Crippen LogP contribution in [0.25, 0.3) is 10.9 Å². The number of H-pyrrole nitrogens is 2. The number of halogens is 1.